The molecule has 0 radical (unpaired) electrons. The first-order chi connectivity index (χ1) is 15.3. The number of alkyl halides is 3. The zero-order valence-corrected chi connectivity index (χ0v) is 16.5. The van der Waals surface area contributed by atoms with E-state index in [4.69, 9.17) is 4.52 Å². The normalized spacial score (nSPS) is 13.9. The van der Waals surface area contributed by atoms with E-state index in [0.717, 1.165) is 12.1 Å². The van der Waals surface area contributed by atoms with Gasteiger partial charge in [0.2, 0.25) is 0 Å². The molecule has 0 aliphatic carbocycles. The minimum atomic E-state index is -4.45. The van der Waals surface area contributed by atoms with Crippen molar-refractivity contribution in [3.05, 3.63) is 53.2 Å². The van der Waals surface area contributed by atoms with Crippen LogP contribution in [-0.2, 0) is 19.3 Å². The third kappa shape index (κ3) is 3.62. The lowest BCUT2D eigenvalue weighted by molar-refractivity contribution is -0.137. The molecule has 164 valence electrons. The molecule has 1 aliphatic heterocycles. The number of hydrogen-bond donors (Lipinski definition) is 3. The van der Waals surface area contributed by atoms with Gasteiger partial charge in [-0.15, -0.1) is 0 Å². The third-order valence-electron chi connectivity index (χ3n) is 4.89. The number of amides is 1. The number of nitrogens with zero attached hydrogens (tertiary/aromatic N) is 5. The minimum Gasteiger partial charge on any atom is -0.359 e. The number of benzene rings is 1. The summed E-state index contributed by atoms with van der Waals surface area (Å²) in [5, 5.41) is 8.38. The number of hydrogen-bond acceptors (Lipinski definition) is 8. The summed E-state index contributed by atoms with van der Waals surface area (Å²) in [6, 6.07) is 4.78. The molecule has 5 rings (SSSR count). The molecular weight excluding hydrogens is 429 g/mol. The summed E-state index contributed by atoms with van der Waals surface area (Å²) in [4.78, 5) is 27.8. The Morgan fingerprint density at radius 3 is 2.94 bits per heavy atom. The van der Waals surface area contributed by atoms with Crippen LogP contribution in [0.1, 0.15) is 27.4 Å². The Balaban J connectivity index is 1.31. The van der Waals surface area contributed by atoms with Crippen molar-refractivity contribution in [1.82, 2.24) is 35.4 Å². The van der Waals surface area contributed by atoms with E-state index in [-0.39, 0.29) is 23.6 Å². The van der Waals surface area contributed by atoms with Crippen LogP contribution in [0.4, 0.5) is 19.0 Å². The molecule has 0 fully saturated rings. The highest BCUT2D eigenvalue weighted by atomic mass is 19.4. The predicted octanol–water partition coefficient (Wildman–Crippen LogP) is 2.73. The van der Waals surface area contributed by atoms with Gasteiger partial charge in [-0.1, -0.05) is 5.16 Å². The molecule has 3 aromatic heterocycles. The number of anilines is 1. The summed E-state index contributed by atoms with van der Waals surface area (Å²) < 4.78 is 43.9. The molecule has 0 unspecified atom stereocenters. The van der Waals surface area contributed by atoms with Gasteiger partial charge in [-0.25, -0.2) is 20.0 Å². The molecule has 1 aromatic carbocycles. The first-order valence-electron chi connectivity index (χ1n) is 9.41. The summed E-state index contributed by atoms with van der Waals surface area (Å²) in [6.45, 7) is 0.514. The molecule has 1 aliphatic rings. The number of aromatic amines is 1. The van der Waals surface area contributed by atoms with Gasteiger partial charge < -0.3 is 20.2 Å². The van der Waals surface area contributed by atoms with Crippen molar-refractivity contribution >= 4 is 22.8 Å². The van der Waals surface area contributed by atoms with E-state index in [1.165, 1.54) is 12.4 Å². The maximum atomic E-state index is 12.9. The van der Waals surface area contributed by atoms with Gasteiger partial charge in [-0.05, 0) is 18.2 Å². The minimum absolute atomic E-state index is 0.0341. The van der Waals surface area contributed by atoms with E-state index in [2.05, 4.69) is 35.8 Å². The van der Waals surface area contributed by atoms with Gasteiger partial charge in [-0.3, -0.25) is 4.79 Å². The number of nitrogens with one attached hydrogen (secondary N) is 3. The smallest absolute Gasteiger partial charge is 0.359 e. The lowest BCUT2D eigenvalue weighted by Crippen LogP contribution is -2.25. The topological polar surface area (TPSA) is 125 Å². The molecule has 0 atom stereocenters. The highest BCUT2D eigenvalue weighted by Gasteiger charge is 2.31. The summed E-state index contributed by atoms with van der Waals surface area (Å²) in [5.41, 5.74) is 4.06. The number of fused-ring (bicyclic) bond motifs is 2. The fourth-order valence-electron chi connectivity index (χ4n) is 3.38. The zero-order chi connectivity index (χ0) is 22.5. The van der Waals surface area contributed by atoms with Gasteiger partial charge in [0, 0.05) is 25.2 Å². The SMILES string of the molecule is CN1Cc2c(ncnc2C(=O)NCc2cc(-c3nc4ccc(C(F)(F)F)cc4[nH]3)no2)N1. The van der Waals surface area contributed by atoms with Gasteiger partial charge in [-0.2, -0.15) is 13.2 Å². The van der Waals surface area contributed by atoms with Crippen LogP contribution in [0.2, 0.25) is 0 Å². The predicted molar refractivity (Wildman–Crippen MR) is 105 cm³/mol. The average molecular weight is 444 g/mol. The summed E-state index contributed by atoms with van der Waals surface area (Å²) in [7, 11) is 1.82. The second kappa shape index (κ2) is 7.30. The third-order valence-corrected chi connectivity index (χ3v) is 4.89. The van der Waals surface area contributed by atoms with E-state index in [1.54, 1.807) is 11.1 Å². The van der Waals surface area contributed by atoms with E-state index in [1.807, 2.05) is 7.05 Å². The monoisotopic (exact) mass is 444 g/mol. The number of rotatable bonds is 4. The molecule has 3 N–H and O–H groups in total. The molecule has 10 nitrogen and oxygen atoms in total. The second-order valence-corrected chi connectivity index (χ2v) is 7.19. The molecule has 0 spiro atoms. The van der Waals surface area contributed by atoms with Gasteiger partial charge in [0.1, 0.15) is 23.5 Å². The van der Waals surface area contributed by atoms with Crippen LogP contribution in [0, 0.1) is 0 Å². The Bertz CT molecular complexity index is 1330. The van der Waals surface area contributed by atoms with Crippen LogP contribution in [0.5, 0.6) is 0 Å². The van der Waals surface area contributed by atoms with Gasteiger partial charge in [0.05, 0.1) is 23.1 Å². The van der Waals surface area contributed by atoms with E-state index in [0.29, 0.717) is 34.9 Å². The molecule has 0 saturated heterocycles. The number of H-pyrrole nitrogens is 1. The Labute approximate surface area is 177 Å². The summed E-state index contributed by atoms with van der Waals surface area (Å²) in [6.07, 6.45) is -3.15. The van der Waals surface area contributed by atoms with Crippen LogP contribution < -0.4 is 10.7 Å². The maximum absolute atomic E-state index is 12.9. The molecular formula is C19H15F3N8O2. The summed E-state index contributed by atoms with van der Waals surface area (Å²) >= 11 is 0. The van der Waals surface area contributed by atoms with Gasteiger partial charge in [0.15, 0.2) is 11.6 Å². The molecule has 1 amide bonds. The first-order valence-corrected chi connectivity index (χ1v) is 9.41. The van der Waals surface area contributed by atoms with Gasteiger partial charge in [0.25, 0.3) is 5.91 Å². The van der Waals surface area contributed by atoms with Crippen molar-refractivity contribution in [2.45, 2.75) is 19.3 Å². The highest BCUT2D eigenvalue weighted by Crippen LogP contribution is 2.31. The van der Waals surface area contributed by atoms with Crippen molar-refractivity contribution in [3.8, 4) is 11.5 Å². The van der Waals surface area contributed by atoms with Crippen molar-refractivity contribution in [1.29, 1.82) is 0 Å². The van der Waals surface area contributed by atoms with Crippen molar-refractivity contribution in [3.63, 3.8) is 0 Å². The van der Waals surface area contributed by atoms with E-state index < -0.39 is 17.6 Å². The number of carbonyl (C=O) groups is 1. The van der Waals surface area contributed by atoms with Crippen LogP contribution in [0.25, 0.3) is 22.6 Å². The molecule has 0 saturated carbocycles. The van der Waals surface area contributed by atoms with Crippen molar-refractivity contribution in [2.75, 3.05) is 12.5 Å². The average Bonchev–Trinajstić information content (AvgIpc) is 3.46. The number of aromatic nitrogens is 5. The molecule has 13 heteroatoms. The maximum Gasteiger partial charge on any atom is 0.416 e. The molecule has 32 heavy (non-hydrogen) atoms. The van der Waals surface area contributed by atoms with Crippen molar-refractivity contribution in [2.24, 2.45) is 0 Å². The fraction of sp³-hybridized carbons (Fsp3) is 0.211. The van der Waals surface area contributed by atoms with Crippen LogP contribution in [0.3, 0.4) is 0 Å². The largest absolute Gasteiger partial charge is 0.416 e. The number of imidazole rings is 1. The van der Waals surface area contributed by atoms with Crippen LogP contribution in [-0.4, -0.2) is 43.1 Å². The Hall–Kier alpha value is -4.00. The second-order valence-electron chi connectivity index (χ2n) is 7.19. The standard InChI is InChI=1S/C19H15F3N8O2/c1-30-7-11-15(24-8-25-16(11)28-30)18(31)23-6-10-5-14(29-32-10)17-26-12-3-2-9(19(20,21)22)4-13(12)27-17/h2-5,8H,6-7H2,1H3,(H,23,31)(H,26,27)(H,24,25,28). The van der Waals surface area contributed by atoms with Crippen molar-refractivity contribution < 1.29 is 22.5 Å². The van der Waals surface area contributed by atoms with Crippen LogP contribution >= 0.6 is 0 Å². The Morgan fingerprint density at radius 1 is 1.28 bits per heavy atom. The lowest BCUT2D eigenvalue weighted by Gasteiger charge is -2.05. The zero-order valence-electron chi connectivity index (χ0n) is 16.5. The van der Waals surface area contributed by atoms with E-state index >= 15 is 0 Å². The summed E-state index contributed by atoms with van der Waals surface area (Å²) in [5.74, 6) is 0.768. The number of halogens is 3. The Kier molecular flexibility index (Phi) is 4.55. The fourth-order valence-corrected chi connectivity index (χ4v) is 3.38. The van der Waals surface area contributed by atoms with Crippen LogP contribution in [0.15, 0.2) is 35.1 Å². The molecule has 0 bridgehead atoms. The first kappa shape index (κ1) is 19.9. The van der Waals surface area contributed by atoms with Gasteiger partial charge >= 0.3 is 6.18 Å². The lowest BCUT2D eigenvalue weighted by atomic mass is 10.2. The quantitative estimate of drug-likeness (QED) is 0.439. The van der Waals surface area contributed by atoms with E-state index in [9.17, 15) is 18.0 Å². The number of carbonyl (C=O) groups excluding carboxylic acids is 1. The molecule has 4 aromatic rings. The number of hydrazine groups is 1. The highest BCUT2D eigenvalue weighted by molar-refractivity contribution is 5.94. The molecule has 4 heterocycles. The Morgan fingerprint density at radius 2 is 2.12 bits per heavy atom.